The maximum Gasteiger partial charge on any atom is 0.337 e. The fourth-order valence-electron chi connectivity index (χ4n) is 7.46. The van der Waals surface area contributed by atoms with Crippen molar-refractivity contribution in [3.63, 3.8) is 0 Å². The van der Waals surface area contributed by atoms with Crippen LogP contribution < -0.4 is 0 Å². The van der Waals surface area contributed by atoms with Gasteiger partial charge in [0, 0.05) is 59.7 Å². The number of aryl methyl sites for hydroxylation is 1. The molecule has 0 unspecified atom stereocenters. The zero-order valence-corrected chi connectivity index (χ0v) is 30.8. The fourth-order valence-corrected chi connectivity index (χ4v) is 8.69. The summed E-state index contributed by atoms with van der Waals surface area (Å²) < 4.78 is 8.47. The maximum atomic E-state index is 12.8. The number of halogens is 1. The first-order chi connectivity index (χ1) is 24.2. The molecule has 0 saturated carbocycles. The zero-order valence-electron chi connectivity index (χ0n) is 29.3. The van der Waals surface area contributed by atoms with Crippen molar-refractivity contribution in [2.75, 3.05) is 26.2 Å². The van der Waals surface area contributed by atoms with E-state index in [1.807, 2.05) is 62.9 Å². The van der Waals surface area contributed by atoms with E-state index in [9.17, 15) is 24.9 Å². The molecule has 2 saturated heterocycles. The average molecular weight is 732 g/mol. The van der Waals surface area contributed by atoms with Crippen LogP contribution in [0.4, 0.5) is 0 Å². The number of hydrogen-bond donors (Lipinski definition) is 3. The van der Waals surface area contributed by atoms with Gasteiger partial charge < -0.3 is 29.5 Å². The number of piperidine rings is 1. The van der Waals surface area contributed by atoms with Crippen LogP contribution in [0.2, 0.25) is 5.02 Å². The highest BCUT2D eigenvalue weighted by Crippen LogP contribution is 2.45. The van der Waals surface area contributed by atoms with E-state index in [4.69, 9.17) is 26.3 Å². The van der Waals surface area contributed by atoms with Gasteiger partial charge in [-0.15, -0.1) is 11.3 Å². The molecule has 2 aliphatic heterocycles. The third kappa shape index (κ3) is 6.88. The third-order valence-electron chi connectivity index (χ3n) is 9.95. The number of rotatable bonds is 8. The van der Waals surface area contributed by atoms with E-state index in [1.165, 1.54) is 15.9 Å². The Morgan fingerprint density at radius 3 is 2.33 bits per heavy atom. The molecule has 3 aromatic heterocycles. The summed E-state index contributed by atoms with van der Waals surface area (Å²) in [5.74, 6) is -0.924. The normalized spacial score (nSPS) is 17.1. The number of aliphatic hydroxyl groups excluding tert-OH is 1. The van der Waals surface area contributed by atoms with E-state index < -0.39 is 24.1 Å². The van der Waals surface area contributed by atoms with Gasteiger partial charge in [0.15, 0.2) is 6.10 Å². The molecule has 11 nitrogen and oxygen atoms in total. The number of hydrogen-bond acceptors (Lipinski definition) is 9. The molecule has 1 amide bonds. The molecule has 5 heterocycles. The van der Waals surface area contributed by atoms with Crippen LogP contribution in [0.3, 0.4) is 0 Å². The largest absolute Gasteiger partial charge is 0.479 e. The number of carboxylic acid groups (broad SMARTS) is 1. The quantitative estimate of drug-likeness (QED) is 0.148. The molecule has 2 aromatic carbocycles. The van der Waals surface area contributed by atoms with Gasteiger partial charge in [-0.2, -0.15) is 0 Å². The first kappa shape index (κ1) is 35.5. The number of carboxylic acids is 1. The topological polar surface area (TPSA) is 141 Å². The number of aromatic nitrogens is 3. The smallest absolute Gasteiger partial charge is 0.337 e. The molecule has 1 atom stereocenters. The molecule has 0 aliphatic carbocycles. The number of amides is 1. The van der Waals surface area contributed by atoms with Gasteiger partial charge in [0.25, 0.3) is 0 Å². The molecule has 0 bridgehead atoms. The number of carbonyl (C=O) groups is 2. The molecular formula is C38H42ClN5O6S. The lowest BCUT2D eigenvalue weighted by molar-refractivity contribution is -0.160. The number of benzene rings is 2. The summed E-state index contributed by atoms with van der Waals surface area (Å²) in [5, 5.41) is 33.3. The highest BCUT2D eigenvalue weighted by atomic mass is 35.5. The van der Waals surface area contributed by atoms with Gasteiger partial charge in [0.05, 0.1) is 32.7 Å². The number of nitrogens with zero attached hydrogens (tertiary/aromatic N) is 5. The van der Waals surface area contributed by atoms with Gasteiger partial charge in [0.2, 0.25) is 12.3 Å². The Labute approximate surface area is 305 Å². The van der Waals surface area contributed by atoms with E-state index in [0.29, 0.717) is 38.4 Å². The van der Waals surface area contributed by atoms with Crippen molar-refractivity contribution >= 4 is 55.9 Å². The Balaban J connectivity index is 1.30. The Morgan fingerprint density at radius 2 is 1.73 bits per heavy atom. The fraction of sp³-hybridized carbons (Fsp3) is 0.421. The lowest BCUT2D eigenvalue weighted by atomic mass is 9.90. The number of carbonyl (C=O) groups excluding carboxylic acids is 1. The van der Waals surface area contributed by atoms with Crippen LogP contribution in [0.15, 0.2) is 48.7 Å². The predicted molar refractivity (Wildman–Crippen MR) is 198 cm³/mol. The van der Waals surface area contributed by atoms with Crippen molar-refractivity contribution < 1.29 is 29.6 Å². The number of aliphatic hydroxyl groups is 2. The summed E-state index contributed by atoms with van der Waals surface area (Å²) in [6, 6.07) is 13.4. The van der Waals surface area contributed by atoms with E-state index in [2.05, 4.69) is 4.90 Å². The Bertz CT molecular complexity index is 2120. The molecule has 2 aliphatic rings. The van der Waals surface area contributed by atoms with Crippen molar-refractivity contribution in [2.24, 2.45) is 0 Å². The summed E-state index contributed by atoms with van der Waals surface area (Å²) in [4.78, 5) is 38.9. The Hall–Kier alpha value is -3.91. The number of likely N-dealkylation sites (tertiary alicyclic amines) is 2. The minimum Gasteiger partial charge on any atom is -0.479 e. The molecule has 5 aromatic rings. The monoisotopic (exact) mass is 731 g/mol. The number of ether oxygens (including phenoxy) is 1. The van der Waals surface area contributed by atoms with Crippen molar-refractivity contribution in [3.05, 3.63) is 70.5 Å². The number of aliphatic carboxylic acids is 1. The van der Waals surface area contributed by atoms with E-state index in [1.54, 1.807) is 25.3 Å². The second kappa shape index (κ2) is 13.6. The van der Waals surface area contributed by atoms with E-state index in [0.717, 1.165) is 71.5 Å². The van der Waals surface area contributed by atoms with Crippen LogP contribution in [0.1, 0.15) is 75.8 Å². The minimum absolute atomic E-state index is 0.0557. The number of fused-ring (bicyclic) bond motifs is 2. The molecule has 7 rings (SSSR count). The third-order valence-corrected chi connectivity index (χ3v) is 11.3. The van der Waals surface area contributed by atoms with Gasteiger partial charge in [-0.3, -0.25) is 9.69 Å². The SMILES string of the molecule is CC(=O)N1CC(N2CCC(c3c4nc(-c5nc6cc(C)c([C@H](OC(C)(C)C)C(=O)O)c(-c7ccc(Cl)cc7)c6s5)ccc4cn3C(O)O)CC2)C1. The summed E-state index contributed by atoms with van der Waals surface area (Å²) in [5.41, 5.74) is 4.92. The second-order valence-electron chi connectivity index (χ2n) is 14.6. The Kier molecular flexibility index (Phi) is 9.45. The second-order valence-corrected chi connectivity index (χ2v) is 16.0. The molecule has 51 heavy (non-hydrogen) atoms. The predicted octanol–water partition coefficient (Wildman–Crippen LogP) is 6.73. The van der Waals surface area contributed by atoms with Crippen molar-refractivity contribution in [2.45, 2.75) is 77.5 Å². The van der Waals surface area contributed by atoms with Crippen LogP contribution in [0.25, 0.3) is 42.9 Å². The van der Waals surface area contributed by atoms with Crippen molar-refractivity contribution in [1.82, 2.24) is 24.3 Å². The number of pyridine rings is 1. The van der Waals surface area contributed by atoms with Crippen molar-refractivity contribution in [1.29, 1.82) is 0 Å². The summed E-state index contributed by atoms with van der Waals surface area (Å²) in [6.07, 6.45) is 0.446. The van der Waals surface area contributed by atoms with Crippen LogP contribution in [0, 0.1) is 6.92 Å². The highest BCUT2D eigenvalue weighted by molar-refractivity contribution is 7.22. The Morgan fingerprint density at radius 1 is 1.04 bits per heavy atom. The molecule has 0 spiro atoms. The van der Waals surface area contributed by atoms with Crippen LogP contribution in [-0.2, 0) is 14.3 Å². The molecule has 0 radical (unpaired) electrons. The maximum absolute atomic E-state index is 12.8. The van der Waals surface area contributed by atoms with E-state index >= 15 is 0 Å². The lowest BCUT2D eigenvalue weighted by Crippen LogP contribution is -2.61. The highest BCUT2D eigenvalue weighted by Gasteiger charge is 2.37. The molecule has 268 valence electrons. The lowest BCUT2D eigenvalue weighted by Gasteiger charge is -2.47. The van der Waals surface area contributed by atoms with E-state index in [-0.39, 0.29) is 11.8 Å². The van der Waals surface area contributed by atoms with Crippen LogP contribution >= 0.6 is 22.9 Å². The summed E-state index contributed by atoms with van der Waals surface area (Å²) in [7, 11) is 0. The van der Waals surface area contributed by atoms with Gasteiger partial charge in [-0.05, 0) is 95.1 Å². The molecule has 3 N–H and O–H groups in total. The first-order valence-electron chi connectivity index (χ1n) is 17.2. The van der Waals surface area contributed by atoms with Crippen LogP contribution in [-0.4, -0.2) is 89.4 Å². The molecule has 2 fully saturated rings. The van der Waals surface area contributed by atoms with Crippen LogP contribution in [0.5, 0.6) is 0 Å². The molecule has 13 heteroatoms. The summed E-state index contributed by atoms with van der Waals surface area (Å²) >= 11 is 7.70. The number of thiazole rings is 1. The first-order valence-corrected chi connectivity index (χ1v) is 18.4. The van der Waals surface area contributed by atoms with Gasteiger partial charge >= 0.3 is 5.97 Å². The van der Waals surface area contributed by atoms with Gasteiger partial charge in [-0.1, -0.05) is 23.7 Å². The van der Waals surface area contributed by atoms with Gasteiger partial charge in [0.1, 0.15) is 5.01 Å². The summed E-state index contributed by atoms with van der Waals surface area (Å²) in [6.45, 7) is 12.2. The minimum atomic E-state index is -1.71. The molecular weight excluding hydrogens is 690 g/mol. The standard InChI is InChI=1S/C38H42ClN5O6S/c1-20-16-28-34(30(22-6-9-25(39)10-7-22)29(20)33(36(46)47)50-38(3,4)5)51-35(41-28)27-11-8-24-17-44(37(48)49)32(31(24)40-27)23-12-14-42(15-13-23)26-18-43(19-26)21(2)45/h6-11,16-17,23,26,33,37,48-49H,12-15,18-19H2,1-5H3,(H,46,47)/t33-/m0/s1. The average Bonchev–Trinajstić information content (AvgIpc) is 3.64. The van der Waals surface area contributed by atoms with Crippen molar-refractivity contribution in [3.8, 4) is 21.8 Å². The zero-order chi connectivity index (χ0) is 36.4. The van der Waals surface area contributed by atoms with Gasteiger partial charge in [-0.25, -0.2) is 14.8 Å².